The Hall–Kier alpha value is -3.55. The Morgan fingerprint density at radius 3 is 1.73 bits per heavy atom. The van der Waals surface area contributed by atoms with Gasteiger partial charge in [0.15, 0.2) is 0 Å². The molecule has 0 aromatic heterocycles. The molecular weight excluding hydrogens is 684 g/mol. The Bertz CT molecular complexity index is 1780. The molecule has 2 atom stereocenters. The molecule has 2 N–H and O–H groups in total. The zero-order chi connectivity index (χ0) is 36.0. The van der Waals surface area contributed by atoms with Crippen LogP contribution in [0.3, 0.4) is 0 Å². The SMILES string of the molecule is CSCC[C@H](NC(=O)c1ccc(CN(Cc2ccc(C(=O)N[C@@H](CCSC)C(=O)[O-])c(-c3ccccc3C)c2)c2ccccc2)cc1)C(=O)[O-].[Li+].[Li+]. The van der Waals surface area contributed by atoms with Gasteiger partial charge in [-0.05, 0) is 108 Å². The van der Waals surface area contributed by atoms with Crippen LogP contribution in [-0.4, -0.2) is 59.9 Å². The second-order valence-corrected chi connectivity index (χ2v) is 13.8. The van der Waals surface area contributed by atoms with Crippen LogP contribution in [0.15, 0.2) is 97.1 Å². The number of hydrogen-bond acceptors (Lipinski definition) is 9. The molecule has 0 bridgehead atoms. The third-order valence-corrected chi connectivity index (χ3v) is 9.54. The van der Waals surface area contributed by atoms with Crippen molar-refractivity contribution in [2.24, 2.45) is 0 Å². The average molecular weight is 726 g/mol. The van der Waals surface area contributed by atoms with Gasteiger partial charge in [-0.3, -0.25) is 9.59 Å². The predicted molar refractivity (Wildman–Crippen MR) is 198 cm³/mol. The van der Waals surface area contributed by atoms with E-state index in [1.165, 1.54) is 23.5 Å². The number of nitrogens with one attached hydrogen (secondary N) is 2. The number of aliphatic carboxylic acids is 2. The van der Waals surface area contributed by atoms with Crippen LogP contribution in [-0.2, 0) is 22.7 Å². The third-order valence-electron chi connectivity index (χ3n) is 8.25. The van der Waals surface area contributed by atoms with Crippen molar-refractivity contribution in [3.05, 3.63) is 125 Å². The smallest absolute Gasteiger partial charge is 0.548 e. The summed E-state index contributed by atoms with van der Waals surface area (Å²) < 4.78 is 0. The first-order chi connectivity index (χ1) is 24.1. The molecule has 0 saturated heterocycles. The minimum atomic E-state index is -1.32. The van der Waals surface area contributed by atoms with E-state index in [9.17, 15) is 29.4 Å². The molecule has 52 heavy (non-hydrogen) atoms. The van der Waals surface area contributed by atoms with Crippen LogP contribution >= 0.6 is 23.5 Å². The Morgan fingerprint density at radius 1 is 0.654 bits per heavy atom. The van der Waals surface area contributed by atoms with Crippen LogP contribution in [0.2, 0.25) is 0 Å². The molecule has 0 spiro atoms. The molecule has 0 heterocycles. The molecule has 9 nitrogen and oxygen atoms in total. The maximum absolute atomic E-state index is 13.6. The van der Waals surface area contributed by atoms with Crippen molar-refractivity contribution >= 4 is 53.0 Å². The number of nitrogens with zero attached hydrogens (tertiary/aromatic N) is 1. The maximum atomic E-state index is 13.6. The van der Waals surface area contributed by atoms with Crippen LogP contribution in [0.5, 0.6) is 0 Å². The predicted octanol–water partition coefficient (Wildman–Crippen LogP) is -1.92. The van der Waals surface area contributed by atoms with Crippen molar-refractivity contribution in [1.29, 1.82) is 0 Å². The number of para-hydroxylation sites is 1. The Morgan fingerprint density at radius 2 is 1.17 bits per heavy atom. The topological polar surface area (TPSA) is 142 Å². The fraction of sp³-hybridized carbons (Fsp3) is 0.282. The summed E-state index contributed by atoms with van der Waals surface area (Å²) in [6.45, 7) is 2.94. The largest absolute Gasteiger partial charge is 1.00 e. The van der Waals surface area contributed by atoms with Crippen LogP contribution in [0.25, 0.3) is 11.1 Å². The second-order valence-electron chi connectivity index (χ2n) is 11.8. The summed E-state index contributed by atoms with van der Waals surface area (Å²) in [5.41, 5.74) is 6.06. The summed E-state index contributed by atoms with van der Waals surface area (Å²) in [5.74, 6) is -2.44. The number of thioether (sulfide) groups is 2. The normalized spacial score (nSPS) is 11.6. The number of rotatable bonds is 18. The molecule has 0 unspecified atom stereocenters. The first kappa shape index (κ1) is 44.6. The van der Waals surface area contributed by atoms with Gasteiger partial charge in [0.1, 0.15) is 0 Å². The number of carboxylic acid groups (broad SMARTS) is 2. The molecule has 4 aromatic carbocycles. The van der Waals surface area contributed by atoms with E-state index in [4.69, 9.17) is 0 Å². The number of aryl methyl sites for hydroxylation is 1. The summed E-state index contributed by atoms with van der Waals surface area (Å²) in [4.78, 5) is 51.9. The summed E-state index contributed by atoms with van der Waals surface area (Å²) in [6, 6.07) is 28.1. The average Bonchev–Trinajstić information content (AvgIpc) is 3.12. The molecule has 0 aliphatic rings. The number of benzene rings is 4. The Labute approximate surface area is 338 Å². The molecule has 0 aliphatic carbocycles. The van der Waals surface area contributed by atoms with Crippen LogP contribution < -0.4 is 63.5 Å². The maximum Gasteiger partial charge on any atom is 1.00 e. The van der Waals surface area contributed by atoms with E-state index in [-0.39, 0.29) is 50.6 Å². The van der Waals surface area contributed by atoms with Gasteiger partial charge in [0.05, 0.1) is 24.0 Å². The molecule has 2 amide bonds. The molecular formula is C39H41Li2N3O6S2. The molecule has 0 fully saturated rings. The summed E-state index contributed by atoms with van der Waals surface area (Å²) in [5, 5.41) is 28.6. The first-order valence-corrected chi connectivity index (χ1v) is 19.0. The van der Waals surface area contributed by atoms with Gasteiger partial charge in [-0.15, -0.1) is 0 Å². The fourth-order valence-corrected chi connectivity index (χ4v) is 6.45. The summed E-state index contributed by atoms with van der Waals surface area (Å²) in [7, 11) is 0. The molecule has 262 valence electrons. The minimum absolute atomic E-state index is 0. The summed E-state index contributed by atoms with van der Waals surface area (Å²) in [6.07, 6.45) is 4.27. The van der Waals surface area contributed by atoms with E-state index < -0.39 is 35.8 Å². The Balaban J connectivity index is 0.00000468. The van der Waals surface area contributed by atoms with Crippen molar-refractivity contribution in [2.75, 3.05) is 28.9 Å². The number of carboxylic acids is 2. The van der Waals surface area contributed by atoms with Gasteiger partial charge < -0.3 is 35.3 Å². The van der Waals surface area contributed by atoms with Gasteiger partial charge in [-0.1, -0.05) is 60.7 Å². The quantitative estimate of drug-likeness (QED) is 0.112. The van der Waals surface area contributed by atoms with Gasteiger partial charge in [-0.2, -0.15) is 23.5 Å². The fourth-order valence-electron chi connectivity index (χ4n) is 5.51. The summed E-state index contributed by atoms with van der Waals surface area (Å²) >= 11 is 2.99. The zero-order valence-electron chi connectivity index (χ0n) is 30.3. The van der Waals surface area contributed by atoms with Crippen molar-refractivity contribution in [3.8, 4) is 11.1 Å². The number of hydrogen-bond donors (Lipinski definition) is 2. The van der Waals surface area contributed by atoms with Gasteiger partial charge >= 0.3 is 37.7 Å². The Kier molecular flexibility index (Phi) is 19.3. The van der Waals surface area contributed by atoms with Crippen molar-refractivity contribution in [2.45, 2.75) is 44.9 Å². The van der Waals surface area contributed by atoms with Crippen LogP contribution in [0, 0.1) is 6.92 Å². The monoisotopic (exact) mass is 725 g/mol. The number of anilines is 1. The van der Waals surface area contributed by atoms with E-state index in [0.717, 1.165) is 27.9 Å². The zero-order valence-corrected chi connectivity index (χ0v) is 32.0. The molecule has 0 radical (unpaired) electrons. The van der Waals surface area contributed by atoms with E-state index in [1.54, 1.807) is 18.2 Å². The second kappa shape index (κ2) is 22.5. The van der Waals surface area contributed by atoms with Crippen molar-refractivity contribution in [1.82, 2.24) is 10.6 Å². The van der Waals surface area contributed by atoms with Gasteiger partial charge in [-0.25, -0.2) is 0 Å². The number of carbonyl (C=O) groups is 4. The van der Waals surface area contributed by atoms with E-state index in [0.29, 0.717) is 41.3 Å². The van der Waals surface area contributed by atoms with Crippen molar-refractivity contribution < 1.29 is 67.1 Å². The molecule has 0 saturated carbocycles. The number of amides is 2. The minimum Gasteiger partial charge on any atom is -0.548 e. The van der Waals surface area contributed by atoms with Gasteiger partial charge in [0.2, 0.25) is 0 Å². The van der Waals surface area contributed by atoms with Gasteiger partial charge in [0, 0.05) is 29.9 Å². The van der Waals surface area contributed by atoms with Crippen LogP contribution in [0.4, 0.5) is 5.69 Å². The molecule has 4 aromatic rings. The number of carbonyl (C=O) groups excluding carboxylic acids is 4. The molecule has 4 rings (SSSR count). The van der Waals surface area contributed by atoms with Gasteiger partial charge in [0.25, 0.3) is 11.8 Å². The third kappa shape index (κ3) is 12.8. The molecule has 13 heteroatoms. The van der Waals surface area contributed by atoms with Crippen molar-refractivity contribution in [3.63, 3.8) is 0 Å². The van der Waals surface area contributed by atoms with E-state index in [2.05, 4.69) is 15.5 Å². The van der Waals surface area contributed by atoms with Crippen LogP contribution in [0.1, 0.15) is 50.2 Å². The van der Waals surface area contributed by atoms with E-state index in [1.807, 2.05) is 98.3 Å². The molecule has 0 aliphatic heterocycles. The standard InChI is InChI=1S/C39H43N3O6S2.2Li/c1-26-9-7-8-12-31(26)33-23-28(15-18-32(33)37(44)41-35(39(47)48)20-22-50-3)25-42(30-10-5-4-6-11-30)24-27-13-16-29(17-14-27)36(43)40-34(38(45)46)19-21-49-2;;/h4-18,23,34-35H,19-22,24-25H2,1-3H3,(H,40,43)(H,41,44)(H,45,46)(H,47,48);;/q;2*+1/p-2/t34-,35-;;/m0../s1. The van der Waals surface area contributed by atoms with E-state index >= 15 is 0 Å². The first-order valence-electron chi connectivity index (χ1n) is 16.2.